The van der Waals surface area contributed by atoms with E-state index in [1.54, 1.807) is 23.6 Å². The number of carbonyl (C=O) groups is 1. The van der Waals surface area contributed by atoms with Crippen molar-refractivity contribution in [2.24, 2.45) is 0 Å². The number of urea groups is 1. The Morgan fingerprint density at radius 3 is 3.04 bits per heavy atom. The number of aryl methyl sites for hydroxylation is 2. The summed E-state index contributed by atoms with van der Waals surface area (Å²) in [4.78, 5) is 18.5. The third-order valence-electron chi connectivity index (χ3n) is 3.84. The standard InChI is InChI=1S/C16H21N5O3/c1-4-21-15(17-11(2)19-21)18-16(22)20-7-8-24-14-9-13(23-3)6-5-12(14)10-20/h5-6,9H,4,7-8,10H2,1-3H3,(H,17,18,19,22). The van der Waals surface area contributed by atoms with Gasteiger partial charge in [0.1, 0.15) is 23.9 Å². The Hall–Kier alpha value is -2.77. The summed E-state index contributed by atoms with van der Waals surface area (Å²) < 4.78 is 12.6. The van der Waals surface area contributed by atoms with Gasteiger partial charge in [0, 0.05) is 18.2 Å². The predicted molar refractivity (Wildman–Crippen MR) is 88.4 cm³/mol. The zero-order valence-corrected chi connectivity index (χ0v) is 14.1. The molecule has 3 rings (SSSR count). The number of amides is 2. The Kier molecular flexibility index (Phi) is 4.54. The number of methoxy groups -OCH3 is 1. The lowest BCUT2D eigenvalue weighted by Crippen LogP contribution is -2.36. The molecule has 0 radical (unpaired) electrons. The molecule has 0 spiro atoms. The molecule has 8 heteroatoms. The Bertz CT molecular complexity index is 743. The summed E-state index contributed by atoms with van der Waals surface area (Å²) in [6, 6.07) is 5.40. The first-order valence-electron chi connectivity index (χ1n) is 7.87. The van der Waals surface area contributed by atoms with Crippen molar-refractivity contribution in [3.63, 3.8) is 0 Å². The minimum Gasteiger partial charge on any atom is -0.497 e. The van der Waals surface area contributed by atoms with E-state index in [1.807, 2.05) is 25.1 Å². The van der Waals surface area contributed by atoms with E-state index >= 15 is 0 Å². The maximum atomic E-state index is 12.6. The van der Waals surface area contributed by atoms with Crippen LogP contribution in [0.2, 0.25) is 0 Å². The van der Waals surface area contributed by atoms with Crippen LogP contribution >= 0.6 is 0 Å². The molecule has 8 nitrogen and oxygen atoms in total. The van der Waals surface area contributed by atoms with Crippen LogP contribution in [0.1, 0.15) is 18.3 Å². The third kappa shape index (κ3) is 3.27. The topological polar surface area (TPSA) is 81.5 Å². The first-order valence-corrected chi connectivity index (χ1v) is 7.87. The van der Waals surface area contributed by atoms with E-state index < -0.39 is 0 Å². The number of carbonyl (C=O) groups excluding carboxylic acids is 1. The smallest absolute Gasteiger partial charge is 0.324 e. The molecule has 2 aromatic rings. The number of aromatic nitrogens is 3. The van der Waals surface area contributed by atoms with Gasteiger partial charge in [0.2, 0.25) is 5.95 Å². The molecule has 0 unspecified atom stereocenters. The zero-order valence-electron chi connectivity index (χ0n) is 14.1. The highest BCUT2D eigenvalue weighted by molar-refractivity contribution is 5.87. The van der Waals surface area contributed by atoms with Gasteiger partial charge in [-0.2, -0.15) is 10.1 Å². The number of ether oxygens (including phenoxy) is 2. The first-order chi connectivity index (χ1) is 11.6. The monoisotopic (exact) mass is 331 g/mol. The summed E-state index contributed by atoms with van der Waals surface area (Å²) in [5.41, 5.74) is 0.941. The number of nitrogens with zero attached hydrogens (tertiary/aromatic N) is 4. The van der Waals surface area contributed by atoms with Gasteiger partial charge in [0.15, 0.2) is 0 Å². The average Bonchev–Trinajstić information content (AvgIpc) is 2.81. The maximum Gasteiger partial charge on any atom is 0.324 e. The van der Waals surface area contributed by atoms with E-state index in [-0.39, 0.29) is 6.03 Å². The number of hydrogen-bond acceptors (Lipinski definition) is 5. The summed E-state index contributed by atoms with van der Waals surface area (Å²) in [5, 5.41) is 7.06. The van der Waals surface area contributed by atoms with Crippen molar-refractivity contribution in [1.82, 2.24) is 19.7 Å². The van der Waals surface area contributed by atoms with Crippen LogP contribution in [0.25, 0.3) is 0 Å². The molecule has 1 N–H and O–H groups in total. The van der Waals surface area contributed by atoms with Crippen LogP contribution in [0.15, 0.2) is 18.2 Å². The molecular formula is C16H21N5O3. The molecule has 0 saturated carbocycles. The van der Waals surface area contributed by atoms with E-state index in [0.717, 1.165) is 17.1 Å². The van der Waals surface area contributed by atoms with Crippen LogP contribution in [0.5, 0.6) is 11.5 Å². The molecule has 2 amide bonds. The molecule has 0 bridgehead atoms. The predicted octanol–water partition coefficient (Wildman–Crippen LogP) is 2.04. The number of rotatable bonds is 3. The van der Waals surface area contributed by atoms with Gasteiger partial charge in [-0.15, -0.1) is 0 Å². The van der Waals surface area contributed by atoms with Crippen molar-refractivity contribution in [2.75, 3.05) is 25.6 Å². The van der Waals surface area contributed by atoms with E-state index in [4.69, 9.17) is 9.47 Å². The van der Waals surface area contributed by atoms with Gasteiger partial charge in [-0.3, -0.25) is 5.32 Å². The van der Waals surface area contributed by atoms with Gasteiger partial charge in [0.05, 0.1) is 20.2 Å². The number of nitrogens with one attached hydrogen (secondary N) is 1. The second kappa shape index (κ2) is 6.77. The lowest BCUT2D eigenvalue weighted by Gasteiger charge is -2.20. The number of fused-ring (bicyclic) bond motifs is 1. The van der Waals surface area contributed by atoms with Gasteiger partial charge in [0.25, 0.3) is 0 Å². The number of benzene rings is 1. The minimum absolute atomic E-state index is 0.218. The molecule has 0 fully saturated rings. The second-order valence-electron chi connectivity index (χ2n) is 5.47. The van der Waals surface area contributed by atoms with E-state index in [9.17, 15) is 4.79 Å². The third-order valence-corrected chi connectivity index (χ3v) is 3.84. The van der Waals surface area contributed by atoms with Gasteiger partial charge in [-0.05, 0) is 26.0 Å². The molecule has 0 saturated heterocycles. The highest BCUT2D eigenvalue weighted by Crippen LogP contribution is 2.28. The molecule has 2 heterocycles. The van der Waals surface area contributed by atoms with Crippen LogP contribution in [-0.4, -0.2) is 46.0 Å². The molecular weight excluding hydrogens is 310 g/mol. The molecule has 1 aliphatic rings. The van der Waals surface area contributed by atoms with E-state index in [1.165, 1.54) is 0 Å². The summed E-state index contributed by atoms with van der Waals surface area (Å²) in [5.74, 6) is 2.57. The Labute approximate surface area is 140 Å². The SMILES string of the molecule is CCn1nc(C)nc1NC(=O)N1CCOc2cc(OC)ccc2C1. The summed E-state index contributed by atoms with van der Waals surface area (Å²) >= 11 is 0. The highest BCUT2D eigenvalue weighted by atomic mass is 16.5. The summed E-state index contributed by atoms with van der Waals surface area (Å²) in [6.07, 6.45) is 0. The fourth-order valence-electron chi connectivity index (χ4n) is 2.59. The lowest BCUT2D eigenvalue weighted by molar-refractivity contribution is 0.200. The van der Waals surface area contributed by atoms with Crippen molar-refractivity contribution in [3.8, 4) is 11.5 Å². The molecule has 0 aliphatic carbocycles. The van der Waals surface area contributed by atoms with Crippen molar-refractivity contribution >= 4 is 12.0 Å². The van der Waals surface area contributed by atoms with Crippen molar-refractivity contribution in [1.29, 1.82) is 0 Å². The molecule has 1 aromatic heterocycles. The number of hydrogen-bond donors (Lipinski definition) is 1. The van der Waals surface area contributed by atoms with Crippen molar-refractivity contribution in [2.45, 2.75) is 26.9 Å². The van der Waals surface area contributed by atoms with Gasteiger partial charge in [-0.25, -0.2) is 9.48 Å². The fourth-order valence-corrected chi connectivity index (χ4v) is 2.59. The van der Waals surface area contributed by atoms with Crippen LogP contribution < -0.4 is 14.8 Å². The molecule has 128 valence electrons. The highest BCUT2D eigenvalue weighted by Gasteiger charge is 2.21. The van der Waals surface area contributed by atoms with Crippen molar-refractivity contribution < 1.29 is 14.3 Å². The molecule has 24 heavy (non-hydrogen) atoms. The van der Waals surface area contributed by atoms with E-state index in [0.29, 0.717) is 38.0 Å². The molecule has 0 atom stereocenters. The van der Waals surface area contributed by atoms with Crippen LogP contribution in [0.4, 0.5) is 10.7 Å². The van der Waals surface area contributed by atoms with Gasteiger partial charge < -0.3 is 14.4 Å². The van der Waals surface area contributed by atoms with Crippen LogP contribution in [0, 0.1) is 6.92 Å². The van der Waals surface area contributed by atoms with Gasteiger partial charge >= 0.3 is 6.03 Å². The summed E-state index contributed by atoms with van der Waals surface area (Å²) in [6.45, 7) is 5.76. The molecule has 1 aliphatic heterocycles. The summed E-state index contributed by atoms with van der Waals surface area (Å²) in [7, 11) is 1.62. The second-order valence-corrected chi connectivity index (χ2v) is 5.47. The lowest BCUT2D eigenvalue weighted by atomic mass is 10.2. The van der Waals surface area contributed by atoms with Gasteiger partial charge in [-0.1, -0.05) is 0 Å². The Morgan fingerprint density at radius 2 is 2.29 bits per heavy atom. The molecule has 1 aromatic carbocycles. The van der Waals surface area contributed by atoms with E-state index in [2.05, 4.69) is 15.4 Å². The zero-order chi connectivity index (χ0) is 17.1. The fraction of sp³-hybridized carbons (Fsp3) is 0.438. The Balaban J connectivity index is 1.75. The van der Waals surface area contributed by atoms with Crippen molar-refractivity contribution in [3.05, 3.63) is 29.6 Å². The Morgan fingerprint density at radius 1 is 1.46 bits per heavy atom. The average molecular weight is 331 g/mol. The first kappa shape index (κ1) is 16.1. The minimum atomic E-state index is -0.218. The number of anilines is 1. The maximum absolute atomic E-state index is 12.6. The van der Waals surface area contributed by atoms with Crippen LogP contribution in [0.3, 0.4) is 0 Å². The largest absolute Gasteiger partial charge is 0.497 e. The quantitative estimate of drug-likeness (QED) is 0.931. The normalized spacial score (nSPS) is 13.7. The van der Waals surface area contributed by atoms with Crippen LogP contribution in [-0.2, 0) is 13.1 Å².